The van der Waals surface area contributed by atoms with Crippen LogP contribution in [0, 0.1) is 11.3 Å². The van der Waals surface area contributed by atoms with E-state index in [1.807, 2.05) is 19.1 Å². The smallest absolute Gasteiger partial charge is 0.119 e. The Morgan fingerprint density at radius 1 is 1.16 bits per heavy atom. The van der Waals surface area contributed by atoms with Gasteiger partial charge in [-0.2, -0.15) is 5.26 Å². The first kappa shape index (κ1) is 13.7. The first-order valence-corrected chi connectivity index (χ1v) is 6.90. The molecule has 0 radical (unpaired) electrons. The van der Waals surface area contributed by atoms with Crippen molar-refractivity contribution in [3.05, 3.63) is 24.3 Å². The molecule has 0 saturated carbocycles. The van der Waals surface area contributed by atoms with E-state index in [0.29, 0.717) is 13.0 Å². The van der Waals surface area contributed by atoms with Crippen LogP contribution in [0.1, 0.15) is 13.3 Å². The van der Waals surface area contributed by atoms with Gasteiger partial charge in [-0.1, -0.05) is 0 Å². The van der Waals surface area contributed by atoms with Gasteiger partial charge in [0.25, 0.3) is 0 Å². The van der Waals surface area contributed by atoms with Gasteiger partial charge in [0.2, 0.25) is 0 Å². The van der Waals surface area contributed by atoms with Gasteiger partial charge >= 0.3 is 0 Å². The summed E-state index contributed by atoms with van der Waals surface area (Å²) >= 11 is 0. The second-order valence-corrected chi connectivity index (χ2v) is 4.66. The van der Waals surface area contributed by atoms with Crippen LogP contribution in [0.3, 0.4) is 0 Å². The average Bonchev–Trinajstić information content (AvgIpc) is 2.47. The standard InChI is InChI=1S/C15H21N3O/c1-2-19-15-6-4-14(5-7-15)18-12-10-17(11-13-18)9-3-8-16/h4-7H,2-3,9-13H2,1H3. The molecule has 1 aromatic rings. The summed E-state index contributed by atoms with van der Waals surface area (Å²) in [7, 11) is 0. The van der Waals surface area contributed by atoms with Gasteiger partial charge in [-0.15, -0.1) is 0 Å². The number of benzene rings is 1. The summed E-state index contributed by atoms with van der Waals surface area (Å²) in [6, 6.07) is 10.5. The zero-order valence-electron chi connectivity index (χ0n) is 11.5. The van der Waals surface area contributed by atoms with E-state index < -0.39 is 0 Å². The molecule has 1 fully saturated rings. The molecule has 4 nitrogen and oxygen atoms in total. The van der Waals surface area contributed by atoms with Gasteiger partial charge in [-0.05, 0) is 31.2 Å². The summed E-state index contributed by atoms with van der Waals surface area (Å²) in [4.78, 5) is 4.74. The number of piperazine rings is 1. The predicted molar refractivity (Wildman–Crippen MR) is 76.5 cm³/mol. The Kier molecular flexibility index (Phi) is 5.05. The maximum absolute atomic E-state index is 8.60. The largest absolute Gasteiger partial charge is 0.494 e. The van der Waals surface area contributed by atoms with Gasteiger partial charge in [0, 0.05) is 44.8 Å². The van der Waals surface area contributed by atoms with E-state index >= 15 is 0 Å². The molecule has 0 aromatic heterocycles. The summed E-state index contributed by atoms with van der Waals surface area (Å²) in [5.41, 5.74) is 1.25. The Hall–Kier alpha value is -1.73. The van der Waals surface area contributed by atoms with Crippen molar-refractivity contribution in [1.29, 1.82) is 5.26 Å². The molecule has 4 heteroatoms. The number of hydrogen-bond acceptors (Lipinski definition) is 4. The number of nitriles is 1. The van der Waals surface area contributed by atoms with E-state index in [2.05, 4.69) is 28.0 Å². The van der Waals surface area contributed by atoms with Crippen LogP contribution in [-0.2, 0) is 0 Å². The molecule has 1 heterocycles. The van der Waals surface area contributed by atoms with Gasteiger partial charge in [-0.25, -0.2) is 0 Å². The number of rotatable bonds is 5. The van der Waals surface area contributed by atoms with Crippen molar-refractivity contribution >= 4 is 5.69 Å². The molecule has 0 aliphatic carbocycles. The normalized spacial score (nSPS) is 16.1. The highest BCUT2D eigenvalue weighted by Crippen LogP contribution is 2.20. The van der Waals surface area contributed by atoms with Crippen LogP contribution in [0.5, 0.6) is 5.75 Å². The van der Waals surface area contributed by atoms with E-state index in [1.54, 1.807) is 0 Å². The number of anilines is 1. The summed E-state index contributed by atoms with van der Waals surface area (Å²) in [6.45, 7) is 7.72. The van der Waals surface area contributed by atoms with E-state index in [1.165, 1.54) is 5.69 Å². The van der Waals surface area contributed by atoms with Crippen LogP contribution in [0.2, 0.25) is 0 Å². The lowest BCUT2D eigenvalue weighted by Crippen LogP contribution is -2.46. The van der Waals surface area contributed by atoms with Crippen molar-refractivity contribution in [3.63, 3.8) is 0 Å². The van der Waals surface area contributed by atoms with Gasteiger partial charge in [0.15, 0.2) is 0 Å². The summed E-state index contributed by atoms with van der Waals surface area (Å²) in [5.74, 6) is 0.930. The molecule has 2 rings (SSSR count). The third kappa shape index (κ3) is 3.87. The number of ether oxygens (including phenoxy) is 1. The fourth-order valence-corrected chi connectivity index (χ4v) is 2.36. The molecule has 1 aromatic carbocycles. The first-order valence-electron chi connectivity index (χ1n) is 6.90. The Morgan fingerprint density at radius 2 is 1.84 bits per heavy atom. The average molecular weight is 259 g/mol. The summed E-state index contributed by atoms with van der Waals surface area (Å²) in [5, 5.41) is 8.60. The van der Waals surface area contributed by atoms with Crippen LogP contribution >= 0.6 is 0 Å². The van der Waals surface area contributed by atoms with Gasteiger partial charge in [0.05, 0.1) is 12.7 Å². The number of nitrogens with zero attached hydrogens (tertiary/aromatic N) is 3. The van der Waals surface area contributed by atoms with Crippen molar-refractivity contribution in [2.45, 2.75) is 13.3 Å². The molecule has 0 bridgehead atoms. The van der Waals surface area contributed by atoms with Crippen molar-refractivity contribution in [3.8, 4) is 11.8 Å². The minimum Gasteiger partial charge on any atom is -0.494 e. The summed E-state index contributed by atoms with van der Waals surface area (Å²) < 4.78 is 5.45. The van der Waals surface area contributed by atoms with Crippen molar-refractivity contribution in [1.82, 2.24) is 4.90 Å². The van der Waals surface area contributed by atoms with Crippen molar-refractivity contribution < 1.29 is 4.74 Å². The van der Waals surface area contributed by atoms with E-state index in [0.717, 1.165) is 38.5 Å². The SMILES string of the molecule is CCOc1ccc(N2CCN(CCC#N)CC2)cc1. The molecule has 0 atom stereocenters. The fourth-order valence-electron chi connectivity index (χ4n) is 2.36. The second-order valence-electron chi connectivity index (χ2n) is 4.66. The first-order chi connectivity index (χ1) is 9.33. The Morgan fingerprint density at radius 3 is 2.42 bits per heavy atom. The molecule has 0 unspecified atom stereocenters. The molecule has 0 amide bonds. The third-order valence-corrected chi connectivity index (χ3v) is 3.42. The highest BCUT2D eigenvalue weighted by Gasteiger charge is 2.16. The van der Waals surface area contributed by atoms with E-state index in [9.17, 15) is 0 Å². The van der Waals surface area contributed by atoms with Gasteiger partial charge < -0.3 is 9.64 Å². The molecule has 19 heavy (non-hydrogen) atoms. The molecule has 1 aliphatic heterocycles. The Labute approximate surface area is 115 Å². The number of hydrogen-bond donors (Lipinski definition) is 0. The highest BCUT2D eigenvalue weighted by molar-refractivity contribution is 5.49. The lowest BCUT2D eigenvalue weighted by Gasteiger charge is -2.35. The van der Waals surface area contributed by atoms with Crippen LogP contribution in [0.25, 0.3) is 0 Å². The lowest BCUT2D eigenvalue weighted by atomic mass is 10.2. The van der Waals surface area contributed by atoms with E-state index in [4.69, 9.17) is 10.00 Å². The van der Waals surface area contributed by atoms with Crippen LogP contribution in [0.4, 0.5) is 5.69 Å². The summed E-state index contributed by atoms with van der Waals surface area (Å²) in [6.07, 6.45) is 0.628. The maximum atomic E-state index is 8.60. The molecule has 1 saturated heterocycles. The minimum absolute atomic E-state index is 0.628. The second kappa shape index (κ2) is 7.01. The third-order valence-electron chi connectivity index (χ3n) is 3.42. The quantitative estimate of drug-likeness (QED) is 0.812. The maximum Gasteiger partial charge on any atom is 0.119 e. The molecule has 102 valence electrons. The molecular weight excluding hydrogens is 238 g/mol. The van der Waals surface area contributed by atoms with Crippen molar-refractivity contribution in [2.24, 2.45) is 0 Å². The Bertz CT molecular complexity index is 416. The highest BCUT2D eigenvalue weighted by atomic mass is 16.5. The molecule has 0 N–H and O–H groups in total. The van der Waals surface area contributed by atoms with Crippen LogP contribution in [-0.4, -0.2) is 44.2 Å². The van der Waals surface area contributed by atoms with Gasteiger partial charge in [0.1, 0.15) is 5.75 Å². The topological polar surface area (TPSA) is 39.5 Å². The minimum atomic E-state index is 0.628. The van der Waals surface area contributed by atoms with Crippen molar-refractivity contribution in [2.75, 3.05) is 44.2 Å². The molecule has 1 aliphatic rings. The van der Waals surface area contributed by atoms with E-state index in [-0.39, 0.29) is 0 Å². The fraction of sp³-hybridized carbons (Fsp3) is 0.533. The predicted octanol–water partition coefficient (Wildman–Crippen LogP) is 2.12. The molecule has 0 spiro atoms. The molecular formula is C15H21N3O. The Balaban J connectivity index is 1.85. The zero-order chi connectivity index (χ0) is 13.5. The van der Waals surface area contributed by atoms with Gasteiger partial charge in [-0.3, -0.25) is 4.90 Å². The monoisotopic (exact) mass is 259 g/mol. The zero-order valence-corrected chi connectivity index (χ0v) is 11.5. The van der Waals surface area contributed by atoms with Crippen LogP contribution < -0.4 is 9.64 Å². The van der Waals surface area contributed by atoms with Crippen LogP contribution in [0.15, 0.2) is 24.3 Å². The lowest BCUT2D eigenvalue weighted by molar-refractivity contribution is 0.263.